The van der Waals surface area contributed by atoms with Crippen LogP contribution < -0.4 is 11.2 Å². The number of carbonyl (C=O) groups is 1. The maximum Gasteiger partial charge on any atom is 0.291 e. The summed E-state index contributed by atoms with van der Waals surface area (Å²) in [7, 11) is 0. The number of benzene rings is 1. The molecule has 0 aliphatic carbocycles. The number of hydrazone groups is 1. The van der Waals surface area contributed by atoms with Crippen molar-refractivity contribution < 1.29 is 4.79 Å². The lowest BCUT2D eigenvalue weighted by Gasteiger charge is -2.09. The van der Waals surface area contributed by atoms with E-state index in [1.165, 1.54) is 5.56 Å². The Balaban J connectivity index is 2.25. The SMILES string of the molecule is C/C(=N/NC(=O)c1nc(Cl)c(Cl)c(N)c1Cl)c1ccc(C)c(C)c1. The molecule has 0 aliphatic heterocycles. The Labute approximate surface area is 154 Å². The third kappa shape index (κ3) is 3.80. The molecule has 0 aliphatic rings. The molecule has 24 heavy (non-hydrogen) atoms. The maximum atomic E-state index is 12.2. The Bertz CT molecular complexity index is 850. The van der Waals surface area contributed by atoms with Gasteiger partial charge in [0.25, 0.3) is 5.91 Å². The molecule has 0 atom stereocenters. The summed E-state index contributed by atoms with van der Waals surface area (Å²) in [6.45, 7) is 5.81. The smallest absolute Gasteiger partial charge is 0.291 e. The second kappa shape index (κ2) is 7.38. The average molecular weight is 386 g/mol. The van der Waals surface area contributed by atoms with Gasteiger partial charge in [-0.2, -0.15) is 5.10 Å². The van der Waals surface area contributed by atoms with Crippen molar-refractivity contribution in [3.63, 3.8) is 0 Å². The monoisotopic (exact) mass is 384 g/mol. The summed E-state index contributed by atoms with van der Waals surface area (Å²) in [5, 5.41) is 3.91. The minimum Gasteiger partial charge on any atom is -0.396 e. The summed E-state index contributed by atoms with van der Waals surface area (Å²) in [6.07, 6.45) is 0. The highest BCUT2D eigenvalue weighted by Gasteiger charge is 2.19. The summed E-state index contributed by atoms with van der Waals surface area (Å²) in [4.78, 5) is 16.1. The molecule has 0 fully saturated rings. The van der Waals surface area contributed by atoms with Gasteiger partial charge in [0.1, 0.15) is 5.02 Å². The van der Waals surface area contributed by atoms with Crippen molar-refractivity contribution in [2.45, 2.75) is 20.8 Å². The first-order chi connectivity index (χ1) is 11.2. The van der Waals surface area contributed by atoms with Crippen molar-refractivity contribution >= 4 is 52.1 Å². The van der Waals surface area contributed by atoms with Gasteiger partial charge < -0.3 is 5.73 Å². The molecule has 0 radical (unpaired) electrons. The van der Waals surface area contributed by atoms with E-state index < -0.39 is 5.91 Å². The van der Waals surface area contributed by atoms with Crippen molar-refractivity contribution in [1.29, 1.82) is 0 Å². The fraction of sp³-hybridized carbons (Fsp3) is 0.188. The van der Waals surface area contributed by atoms with Crippen molar-refractivity contribution in [3.8, 4) is 0 Å². The standard InChI is InChI=1S/C16H15Cl3N4O/c1-7-4-5-10(6-8(7)2)9(3)22-23-16(24)14-11(17)13(20)12(18)15(19)21-14/h4-6H,1-3H3,(H2,20,21)(H,23,24)/b22-9-. The number of rotatable bonds is 3. The second-order valence-corrected chi connectivity index (χ2v) is 6.34. The van der Waals surface area contributed by atoms with E-state index in [0.29, 0.717) is 5.71 Å². The van der Waals surface area contributed by atoms with Gasteiger partial charge in [0.15, 0.2) is 10.8 Å². The molecular weight excluding hydrogens is 371 g/mol. The molecule has 1 heterocycles. The Morgan fingerprint density at radius 1 is 1.17 bits per heavy atom. The number of nitrogens with two attached hydrogens (primary N) is 1. The lowest BCUT2D eigenvalue weighted by molar-refractivity contribution is 0.0950. The number of carbonyl (C=O) groups excluding carboxylic acids is 1. The summed E-state index contributed by atoms with van der Waals surface area (Å²) < 4.78 is 0. The number of anilines is 1. The summed E-state index contributed by atoms with van der Waals surface area (Å²) >= 11 is 17.7. The Hall–Kier alpha value is -1.82. The highest BCUT2D eigenvalue weighted by atomic mass is 35.5. The lowest BCUT2D eigenvalue weighted by Crippen LogP contribution is -2.21. The molecule has 2 aromatic rings. The van der Waals surface area contributed by atoms with Crippen LogP contribution in [0.15, 0.2) is 23.3 Å². The quantitative estimate of drug-likeness (QED) is 0.467. The van der Waals surface area contributed by atoms with Crippen LogP contribution in [0.4, 0.5) is 5.69 Å². The normalized spacial score (nSPS) is 11.5. The van der Waals surface area contributed by atoms with Crippen molar-refractivity contribution in [2.75, 3.05) is 5.73 Å². The van der Waals surface area contributed by atoms with E-state index in [2.05, 4.69) is 15.5 Å². The van der Waals surface area contributed by atoms with Gasteiger partial charge in [0.05, 0.1) is 16.4 Å². The highest BCUT2D eigenvalue weighted by Crippen LogP contribution is 2.34. The van der Waals surface area contributed by atoms with E-state index in [-0.39, 0.29) is 26.6 Å². The molecule has 0 saturated carbocycles. The Kier molecular flexibility index (Phi) is 5.70. The molecule has 0 saturated heterocycles. The van der Waals surface area contributed by atoms with Crippen LogP contribution >= 0.6 is 34.8 Å². The molecule has 126 valence electrons. The van der Waals surface area contributed by atoms with Crippen LogP contribution in [0.25, 0.3) is 0 Å². The largest absolute Gasteiger partial charge is 0.396 e. The first kappa shape index (κ1) is 18.5. The van der Waals surface area contributed by atoms with Gasteiger partial charge in [-0.15, -0.1) is 0 Å². The Morgan fingerprint density at radius 2 is 1.83 bits per heavy atom. The fourth-order valence-corrected chi connectivity index (χ4v) is 2.49. The number of nitrogens with one attached hydrogen (secondary N) is 1. The molecule has 1 amide bonds. The van der Waals surface area contributed by atoms with Crippen molar-refractivity contribution in [2.24, 2.45) is 5.10 Å². The van der Waals surface area contributed by atoms with Gasteiger partial charge in [-0.1, -0.05) is 46.9 Å². The number of hydrogen-bond donors (Lipinski definition) is 2. The molecule has 1 aromatic carbocycles. The number of aromatic nitrogens is 1. The summed E-state index contributed by atoms with van der Waals surface area (Å²) in [5.74, 6) is -0.631. The van der Waals surface area contributed by atoms with Crippen LogP contribution in [0.1, 0.15) is 34.1 Å². The third-order valence-corrected chi connectivity index (χ3v) is 4.67. The second-order valence-electron chi connectivity index (χ2n) is 5.23. The number of nitrogens with zero attached hydrogens (tertiary/aromatic N) is 2. The van der Waals surface area contributed by atoms with Crippen LogP contribution in [0, 0.1) is 13.8 Å². The van der Waals surface area contributed by atoms with Crippen LogP contribution in [-0.2, 0) is 0 Å². The van der Waals surface area contributed by atoms with Gasteiger partial charge in [-0.05, 0) is 43.5 Å². The molecule has 2 rings (SSSR count). The van der Waals surface area contributed by atoms with Crippen molar-refractivity contribution in [1.82, 2.24) is 10.4 Å². The zero-order valence-electron chi connectivity index (χ0n) is 13.2. The first-order valence-electron chi connectivity index (χ1n) is 6.94. The maximum absolute atomic E-state index is 12.2. The van der Waals surface area contributed by atoms with Crippen LogP contribution in [0.3, 0.4) is 0 Å². The molecule has 0 bridgehead atoms. The molecular formula is C16H15Cl3N4O. The van der Waals surface area contributed by atoms with Gasteiger partial charge >= 0.3 is 0 Å². The van der Waals surface area contributed by atoms with Crippen LogP contribution in [0.2, 0.25) is 15.2 Å². The van der Waals surface area contributed by atoms with Gasteiger partial charge in [-0.3, -0.25) is 4.79 Å². The zero-order valence-corrected chi connectivity index (χ0v) is 15.5. The van der Waals surface area contributed by atoms with Crippen LogP contribution in [0.5, 0.6) is 0 Å². The number of amides is 1. The van der Waals surface area contributed by atoms with E-state index in [1.807, 2.05) is 32.0 Å². The number of hydrogen-bond acceptors (Lipinski definition) is 4. The molecule has 5 nitrogen and oxygen atoms in total. The predicted molar refractivity (Wildman–Crippen MR) is 99.3 cm³/mol. The van der Waals surface area contributed by atoms with Crippen molar-refractivity contribution in [3.05, 3.63) is 55.8 Å². The first-order valence-corrected chi connectivity index (χ1v) is 8.08. The number of pyridine rings is 1. The van der Waals surface area contributed by atoms with E-state index >= 15 is 0 Å². The van der Waals surface area contributed by atoms with E-state index in [0.717, 1.165) is 11.1 Å². The number of aryl methyl sites for hydroxylation is 2. The minimum absolute atomic E-state index is 0.00153. The molecule has 1 aromatic heterocycles. The van der Waals surface area contributed by atoms with Gasteiger partial charge in [0.2, 0.25) is 0 Å². The van der Waals surface area contributed by atoms with Gasteiger partial charge in [-0.25, -0.2) is 10.4 Å². The van der Waals surface area contributed by atoms with Gasteiger partial charge in [0, 0.05) is 0 Å². The summed E-state index contributed by atoms with van der Waals surface area (Å²) in [5.41, 5.74) is 11.8. The Morgan fingerprint density at radius 3 is 2.46 bits per heavy atom. The molecule has 8 heteroatoms. The van der Waals surface area contributed by atoms with Crippen LogP contribution in [-0.4, -0.2) is 16.6 Å². The van der Waals surface area contributed by atoms with E-state index in [9.17, 15) is 4.79 Å². The fourth-order valence-electron chi connectivity index (χ4n) is 1.90. The molecule has 0 unspecified atom stereocenters. The minimum atomic E-state index is -0.631. The predicted octanol–water partition coefficient (Wildman–Crippen LogP) is 4.39. The number of halogens is 3. The third-order valence-electron chi connectivity index (χ3n) is 3.54. The average Bonchev–Trinajstić information content (AvgIpc) is 2.56. The topological polar surface area (TPSA) is 80.4 Å². The summed E-state index contributed by atoms with van der Waals surface area (Å²) in [6, 6.07) is 5.90. The van der Waals surface area contributed by atoms with E-state index in [4.69, 9.17) is 40.5 Å². The lowest BCUT2D eigenvalue weighted by atomic mass is 10.0. The highest BCUT2D eigenvalue weighted by molar-refractivity contribution is 6.46. The molecule has 3 N–H and O–H groups in total. The zero-order chi connectivity index (χ0) is 18.0. The number of nitrogen functional groups attached to an aromatic ring is 1. The van der Waals surface area contributed by atoms with E-state index in [1.54, 1.807) is 6.92 Å². The molecule has 0 spiro atoms.